The van der Waals surface area contributed by atoms with Gasteiger partial charge in [-0.15, -0.1) is 0 Å². The highest BCUT2D eigenvalue weighted by molar-refractivity contribution is 7.86. The zero-order valence-corrected chi connectivity index (χ0v) is 10.8. The van der Waals surface area contributed by atoms with Gasteiger partial charge >= 0.3 is 0 Å². The average Bonchev–Trinajstić information content (AvgIpc) is 2.33. The number of likely N-dealkylation sites (N-methyl/N-ethyl adjacent to an activating group) is 1. The van der Waals surface area contributed by atoms with Gasteiger partial charge in [-0.3, -0.25) is 4.21 Å². The third kappa shape index (κ3) is 1.94. The maximum Gasteiger partial charge on any atom is 0.0831 e. The molecule has 0 N–H and O–H groups in total. The molecular formula is C13H19NOS. The van der Waals surface area contributed by atoms with Crippen LogP contribution in [0, 0.1) is 0 Å². The van der Waals surface area contributed by atoms with E-state index in [0.29, 0.717) is 0 Å². The van der Waals surface area contributed by atoms with Crippen LogP contribution < -0.4 is 0 Å². The van der Waals surface area contributed by atoms with E-state index in [2.05, 4.69) is 31.0 Å². The van der Waals surface area contributed by atoms with E-state index in [1.165, 1.54) is 5.56 Å². The Morgan fingerprint density at radius 3 is 2.69 bits per heavy atom. The van der Waals surface area contributed by atoms with Crippen LogP contribution in [0.4, 0.5) is 0 Å². The van der Waals surface area contributed by atoms with Crippen molar-refractivity contribution in [3.63, 3.8) is 0 Å². The van der Waals surface area contributed by atoms with E-state index in [1.54, 1.807) is 0 Å². The van der Waals surface area contributed by atoms with Crippen molar-refractivity contribution in [1.82, 2.24) is 4.90 Å². The van der Waals surface area contributed by atoms with E-state index in [9.17, 15) is 4.21 Å². The van der Waals surface area contributed by atoms with Gasteiger partial charge in [0.05, 0.1) is 4.75 Å². The summed E-state index contributed by atoms with van der Waals surface area (Å²) >= 11 is 0. The molecule has 2 rings (SSSR count). The molecule has 0 bridgehead atoms. The first-order valence-corrected chi connectivity index (χ1v) is 7.13. The van der Waals surface area contributed by atoms with Crippen molar-refractivity contribution in [2.75, 3.05) is 25.9 Å². The predicted octanol–water partition coefficient (Wildman–Crippen LogP) is 1.99. The van der Waals surface area contributed by atoms with E-state index in [1.807, 2.05) is 18.2 Å². The molecule has 1 heterocycles. The summed E-state index contributed by atoms with van der Waals surface area (Å²) in [6.07, 6.45) is 0.938. The summed E-state index contributed by atoms with van der Waals surface area (Å²) in [6.45, 7) is 3.99. The van der Waals surface area contributed by atoms with Crippen LogP contribution in [0.1, 0.15) is 18.9 Å². The lowest BCUT2D eigenvalue weighted by Gasteiger charge is -2.40. The minimum absolute atomic E-state index is 0.158. The lowest BCUT2D eigenvalue weighted by atomic mass is 9.94. The molecule has 1 aromatic rings. The molecule has 1 aliphatic rings. The normalized spacial score (nSPS) is 31.5. The molecule has 0 aliphatic carbocycles. The molecule has 0 unspecified atom stereocenters. The molecule has 88 valence electrons. The third-order valence-electron chi connectivity index (χ3n) is 3.49. The zero-order chi connectivity index (χ0) is 11.6. The van der Waals surface area contributed by atoms with E-state index < -0.39 is 10.8 Å². The van der Waals surface area contributed by atoms with Gasteiger partial charge < -0.3 is 4.90 Å². The Kier molecular flexibility index (Phi) is 3.45. The maximum atomic E-state index is 12.4. The van der Waals surface area contributed by atoms with Crippen molar-refractivity contribution in [3.05, 3.63) is 35.9 Å². The van der Waals surface area contributed by atoms with Crippen molar-refractivity contribution >= 4 is 10.8 Å². The van der Waals surface area contributed by atoms with Crippen molar-refractivity contribution < 1.29 is 4.21 Å². The molecule has 0 radical (unpaired) electrons. The largest absolute Gasteiger partial charge is 0.304 e. The molecule has 0 spiro atoms. The van der Waals surface area contributed by atoms with Crippen molar-refractivity contribution in [2.24, 2.45) is 0 Å². The Bertz CT molecular complexity index is 379. The van der Waals surface area contributed by atoms with Crippen LogP contribution in [0.2, 0.25) is 0 Å². The monoisotopic (exact) mass is 237 g/mol. The SMILES string of the molecule is CC[C@]1(c2ccccc2)CN(C)CC[S@@]1=O. The van der Waals surface area contributed by atoms with Gasteiger partial charge in [-0.25, -0.2) is 0 Å². The second kappa shape index (κ2) is 4.68. The molecule has 2 nitrogen and oxygen atoms in total. The summed E-state index contributed by atoms with van der Waals surface area (Å²) in [4.78, 5) is 2.29. The molecule has 16 heavy (non-hydrogen) atoms. The minimum Gasteiger partial charge on any atom is -0.304 e. The van der Waals surface area contributed by atoms with Crippen LogP contribution in [0.3, 0.4) is 0 Å². The summed E-state index contributed by atoms with van der Waals surface area (Å²) in [5, 5.41) is 0. The van der Waals surface area contributed by atoms with E-state index in [-0.39, 0.29) is 4.75 Å². The first kappa shape index (κ1) is 11.8. The molecule has 1 saturated heterocycles. The predicted molar refractivity (Wildman–Crippen MR) is 68.9 cm³/mol. The molecular weight excluding hydrogens is 218 g/mol. The first-order valence-electron chi connectivity index (χ1n) is 5.81. The third-order valence-corrected chi connectivity index (χ3v) is 5.57. The fourth-order valence-corrected chi connectivity index (χ4v) is 4.42. The number of benzene rings is 1. The van der Waals surface area contributed by atoms with Gasteiger partial charge in [0.25, 0.3) is 0 Å². The van der Waals surface area contributed by atoms with E-state index >= 15 is 0 Å². The second-order valence-electron chi connectivity index (χ2n) is 4.50. The number of hydrogen-bond donors (Lipinski definition) is 0. The molecule has 1 aromatic carbocycles. The molecule has 0 amide bonds. The molecule has 1 fully saturated rings. The van der Waals surface area contributed by atoms with Crippen molar-refractivity contribution in [2.45, 2.75) is 18.1 Å². The number of hydrogen-bond acceptors (Lipinski definition) is 2. The zero-order valence-electron chi connectivity index (χ0n) is 9.98. The van der Waals surface area contributed by atoms with Gasteiger partial charge in [0.15, 0.2) is 0 Å². The van der Waals surface area contributed by atoms with Gasteiger partial charge in [0, 0.05) is 29.6 Å². The van der Waals surface area contributed by atoms with Crippen molar-refractivity contribution in [1.29, 1.82) is 0 Å². The smallest absolute Gasteiger partial charge is 0.0831 e. The maximum absolute atomic E-state index is 12.4. The summed E-state index contributed by atoms with van der Waals surface area (Å²) in [7, 11) is 1.36. The average molecular weight is 237 g/mol. The number of nitrogens with zero attached hydrogens (tertiary/aromatic N) is 1. The van der Waals surface area contributed by atoms with Crippen molar-refractivity contribution in [3.8, 4) is 0 Å². The van der Waals surface area contributed by atoms with Gasteiger partial charge in [0.2, 0.25) is 0 Å². The van der Waals surface area contributed by atoms with Gasteiger partial charge in [0.1, 0.15) is 0 Å². The standard InChI is InChI=1S/C13H19NOS/c1-3-13(12-7-5-4-6-8-12)11-14(2)9-10-16(13)15/h4-8H,3,9-11H2,1-2H3/t13-,16+/m1/s1. The molecule has 0 aromatic heterocycles. The van der Waals surface area contributed by atoms with Gasteiger partial charge in [-0.05, 0) is 19.0 Å². The van der Waals surface area contributed by atoms with E-state index in [4.69, 9.17) is 0 Å². The van der Waals surface area contributed by atoms with E-state index in [0.717, 1.165) is 25.3 Å². The highest BCUT2D eigenvalue weighted by atomic mass is 32.2. The van der Waals surface area contributed by atoms with Crippen LogP contribution in [-0.2, 0) is 15.5 Å². The Balaban J connectivity index is 2.41. The minimum atomic E-state index is -0.750. The Hall–Kier alpha value is -0.670. The van der Waals surface area contributed by atoms with Crippen LogP contribution in [-0.4, -0.2) is 35.0 Å². The highest BCUT2D eigenvalue weighted by Gasteiger charge is 2.40. The Morgan fingerprint density at radius 2 is 2.06 bits per heavy atom. The van der Waals surface area contributed by atoms with Crippen LogP contribution >= 0.6 is 0 Å². The summed E-state index contributed by atoms with van der Waals surface area (Å²) in [5.41, 5.74) is 1.22. The Morgan fingerprint density at radius 1 is 1.38 bits per heavy atom. The summed E-state index contributed by atoms with van der Waals surface area (Å²) in [5.74, 6) is 0.791. The number of rotatable bonds is 2. The molecule has 0 saturated carbocycles. The molecule has 3 heteroatoms. The Labute approximate surface area is 100 Å². The lowest BCUT2D eigenvalue weighted by molar-refractivity contribution is 0.287. The quantitative estimate of drug-likeness (QED) is 0.784. The first-order chi connectivity index (χ1) is 7.69. The highest BCUT2D eigenvalue weighted by Crippen LogP contribution is 2.35. The fraction of sp³-hybridized carbons (Fsp3) is 0.538. The molecule has 2 atom stereocenters. The van der Waals surface area contributed by atoms with Crippen LogP contribution in [0.25, 0.3) is 0 Å². The molecule has 1 aliphatic heterocycles. The lowest BCUT2D eigenvalue weighted by Crippen LogP contribution is -2.49. The van der Waals surface area contributed by atoms with Crippen LogP contribution in [0.15, 0.2) is 30.3 Å². The topological polar surface area (TPSA) is 20.3 Å². The van der Waals surface area contributed by atoms with Gasteiger partial charge in [-0.2, -0.15) is 0 Å². The summed E-state index contributed by atoms with van der Waals surface area (Å²) in [6, 6.07) is 10.3. The van der Waals surface area contributed by atoms with Gasteiger partial charge in [-0.1, -0.05) is 37.3 Å². The fourth-order valence-electron chi connectivity index (χ4n) is 2.46. The second-order valence-corrected chi connectivity index (χ2v) is 6.38. The summed E-state index contributed by atoms with van der Waals surface area (Å²) < 4.78 is 12.2. The van der Waals surface area contributed by atoms with Crippen LogP contribution in [0.5, 0.6) is 0 Å².